The summed E-state index contributed by atoms with van der Waals surface area (Å²) >= 11 is 0. The predicted molar refractivity (Wildman–Crippen MR) is 89.6 cm³/mol. The third-order valence-electron chi connectivity index (χ3n) is 4.56. The molecule has 0 heterocycles. The minimum atomic E-state index is -0.653. The van der Waals surface area contributed by atoms with Gasteiger partial charge in [0, 0.05) is 17.4 Å². The molecule has 4 rings (SSSR count). The van der Waals surface area contributed by atoms with Gasteiger partial charge in [-0.25, -0.2) is 0 Å². The molecule has 1 unspecified atom stereocenters. The standard InChI is InChI=1S/C20H16O3/c21-16-10-11-18(23)20-14(7-3-8-15(16)20)13-6-1-4-12-5-2-9-17(22)19(12)13/h1-9,18,22-23H,10-11H2. The van der Waals surface area contributed by atoms with Gasteiger partial charge in [-0.1, -0.05) is 48.5 Å². The number of rotatable bonds is 1. The van der Waals surface area contributed by atoms with Crippen molar-refractivity contribution in [2.45, 2.75) is 18.9 Å². The van der Waals surface area contributed by atoms with E-state index in [1.54, 1.807) is 18.2 Å². The highest BCUT2D eigenvalue weighted by molar-refractivity contribution is 6.05. The van der Waals surface area contributed by atoms with Crippen LogP contribution < -0.4 is 0 Å². The number of hydrogen-bond acceptors (Lipinski definition) is 3. The van der Waals surface area contributed by atoms with E-state index in [9.17, 15) is 15.0 Å². The zero-order valence-electron chi connectivity index (χ0n) is 12.5. The lowest BCUT2D eigenvalue weighted by molar-refractivity contribution is 0.0898. The highest BCUT2D eigenvalue weighted by atomic mass is 16.3. The fourth-order valence-electron chi connectivity index (χ4n) is 3.49. The first kappa shape index (κ1) is 14.0. The molecule has 0 aliphatic heterocycles. The van der Waals surface area contributed by atoms with Gasteiger partial charge in [-0.3, -0.25) is 4.79 Å². The van der Waals surface area contributed by atoms with Crippen molar-refractivity contribution in [2.24, 2.45) is 0 Å². The molecule has 1 atom stereocenters. The summed E-state index contributed by atoms with van der Waals surface area (Å²) in [6.07, 6.45) is 0.165. The van der Waals surface area contributed by atoms with Crippen LogP contribution in [0, 0.1) is 0 Å². The Morgan fingerprint density at radius 1 is 0.870 bits per heavy atom. The lowest BCUT2D eigenvalue weighted by Crippen LogP contribution is -2.16. The van der Waals surface area contributed by atoms with Crippen LogP contribution in [0.15, 0.2) is 54.6 Å². The van der Waals surface area contributed by atoms with Crippen LogP contribution in [0.25, 0.3) is 21.9 Å². The molecule has 0 fully saturated rings. The quantitative estimate of drug-likeness (QED) is 0.707. The van der Waals surface area contributed by atoms with Crippen molar-refractivity contribution in [1.82, 2.24) is 0 Å². The summed E-state index contributed by atoms with van der Waals surface area (Å²) < 4.78 is 0. The van der Waals surface area contributed by atoms with E-state index in [-0.39, 0.29) is 11.5 Å². The van der Waals surface area contributed by atoms with E-state index in [0.29, 0.717) is 24.0 Å². The van der Waals surface area contributed by atoms with Crippen molar-refractivity contribution in [3.63, 3.8) is 0 Å². The Kier molecular flexibility index (Phi) is 3.17. The molecule has 114 valence electrons. The van der Waals surface area contributed by atoms with Crippen LogP contribution in [-0.2, 0) is 0 Å². The molecule has 0 saturated heterocycles. The first-order chi connectivity index (χ1) is 11.2. The highest BCUT2D eigenvalue weighted by Gasteiger charge is 2.27. The summed E-state index contributed by atoms with van der Waals surface area (Å²) in [4.78, 5) is 12.2. The average molecular weight is 304 g/mol. The van der Waals surface area contributed by atoms with Crippen molar-refractivity contribution in [3.8, 4) is 16.9 Å². The Balaban J connectivity index is 2.07. The predicted octanol–water partition coefficient (Wildman–Crippen LogP) is 4.22. The Morgan fingerprint density at radius 3 is 2.35 bits per heavy atom. The molecule has 3 heteroatoms. The Bertz CT molecular complexity index is 922. The van der Waals surface area contributed by atoms with Crippen LogP contribution in [0.1, 0.15) is 34.9 Å². The van der Waals surface area contributed by atoms with Crippen LogP contribution in [-0.4, -0.2) is 16.0 Å². The molecule has 3 nitrogen and oxygen atoms in total. The normalized spacial score (nSPS) is 17.3. The second-order valence-electron chi connectivity index (χ2n) is 5.93. The topological polar surface area (TPSA) is 57.5 Å². The Labute approximate surface area is 133 Å². The van der Waals surface area contributed by atoms with E-state index in [4.69, 9.17) is 0 Å². The molecule has 0 amide bonds. The number of phenolic OH excluding ortho intramolecular Hbond substituents is 1. The minimum absolute atomic E-state index is 0.0663. The van der Waals surface area contributed by atoms with Crippen molar-refractivity contribution in [3.05, 3.63) is 65.7 Å². The van der Waals surface area contributed by atoms with Gasteiger partial charge in [0.1, 0.15) is 5.75 Å². The van der Waals surface area contributed by atoms with Gasteiger partial charge in [0.05, 0.1) is 6.10 Å². The molecule has 1 aliphatic rings. The number of carbonyl (C=O) groups is 1. The van der Waals surface area contributed by atoms with Gasteiger partial charge in [0.15, 0.2) is 5.78 Å². The largest absolute Gasteiger partial charge is 0.507 e. The second kappa shape index (κ2) is 5.21. The number of phenols is 1. The van der Waals surface area contributed by atoms with Crippen molar-refractivity contribution < 1.29 is 15.0 Å². The number of ketones is 1. The molecule has 23 heavy (non-hydrogen) atoms. The summed E-state index contributed by atoms with van der Waals surface area (Å²) in [5.41, 5.74) is 2.93. The zero-order chi connectivity index (χ0) is 16.0. The summed E-state index contributed by atoms with van der Waals surface area (Å²) in [6, 6.07) is 16.7. The molecule has 2 N–H and O–H groups in total. The smallest absolute Gasteiger partial charge is 0.163 e. The van der Waals surface area contributed by atoms with Crippen LogP contribution in [0.3, 0.4) is 0 Å². The van der Waals surface area contributed by atoms with Gasteiger partial charge < -0.3 is 10.2 Å². The van der Waals surface area contributed by atoms with Crippen LogP contribution in [0.2, 0.25) is 0 Å². The fraction of sp³-hybridized carbons (Fsp3) is 0.150. The van der Waals surface area contributed by atoms with E-state index in [0.717, 1.165) is 21.9 Å². The number of hydrogen-bond donors (Lipinski definition) is 2. The monoisotopic (exact) mass is 304 g/mol. The van der Waals surface area contributed by atoms with E-state index < -0.39 is 6.10 Å². The maximum atomic E-state index is 12.2. The van der Waals surface area contributed by atoms with Gasteiger partial charge in [-0.2, -0.15) is 0 Å². The Hall–Kier alpha value is -2.65. The number of Topliss-reactive ketones (excluding diaryl/α,β-unsaturated/α-hetero) is 1. The number of aliphatic hydroxyl groups is 1. The third kappa shape index (κ3) is 2.13. The van der Waals surface area contributed by atoms with Crippen molar-refractivity contribution in [1.29, 1.82) is 0 Å². The molecule has 3 aromatic carbocycles. The highest BCUT2D eigenvalue weighted by Crippen LogP contribution is 2.41. The molecule has 0 spiro atoms. The SMILES string of the molecule is O=C1CCC(O)c2c1cccc2-c1cccc2cccc(O)c12. The van der Waals surface area contributed by atoms with E-state index in [1.165, 1.54) is 0 Å². The molecule has 0 bridgehead atoms. The van der Waals surface area contributed by atoms with Gasteiger partial charge in [0.2, 0.25) is 0 Å². The van der Waals surface area contributed by atoms with Crippen LogP contribution in [0.5, 0.6) is 5.75 Å². The number of fused-ring (bicyclic) bond motifs is 2. The lowest BCUT2D eigenvalue weighted by Gasteiger charge is -2.24. The van der Waals surface area contributed by atoms with Crippen LogP contribution >= 0.6 is 0 Å². The number of carbonyl (C=O) groups excluding carboxylic acids is 1. The summed E-state index contributed by atoms with van der Waals surface area (Å²) in [7, 11) is 0. The first-order valence-electron chi connectivity index (χ1n) is 7.72. The molecule has 0 aromatic heterocycles. The van der Waals surface area contributed by atoms with Crippen LogP contribution in [0.4, 0.5) is 0 Å². The number of aromatic hydroxyl groups is 1. The number of benzene rings is 3. The summed E-state index contributed by atoms with van der Waals surface area (Å²) in [5, 5.41) is 22.4. The van der Waals surface area contributed by atoms with E-state index in [1.807, 2.05) is 36.4 Å². The average Bonchev–Trinajstić information content (AvgIpc) is 2.58. The Morgan fingerprint density at radius 2 is 1.52 bits per heavy atom. The maximum absolute atomic E-state index is 12.2. The fourth-order valence-corrected chi connectivity index (χ4v) is 3.49. The molecule has 1 aliphatic carbocycles. The van der Waals surface area contributed by atoms with E-state index in [2.05, 4.69) is 0 Å². The van der Waals surface area contributed by atoms with Gasteiger partial charge in [-0.15, -0.1) is 0 Å². The third-order valence-corrected chi connectivity index (χ3v) is 4.56. The number of aliphatic hydroxyl groups excluding tert-OH is 1. The summed E-state index contributed by atoms with van der Waals surface area (Å²) in [5.74, 6) is 0.268. The molecular weight excluding hydrogens is 288 g/mol. The van der Waals surface area contributed by atoms with Gasteiger partial charge in [0.25, 0.3) is 0 Å². The molecular formula is C20H16O3. The minimum Gasteiger partial charge on any atom is -0.507 e. The molecule has 0 saturated carbocycles. The molecule has 3 aromatic rings. The van der Waals surface area contributed by atoms with Gasteiger partial charge >= 0.3 is 0 Å². The molecule has 0 radical (unpaired) electrons. The second-order valence-corrected chi connectivity index (χ2v) is 5.93. The van der Waals surface area contributed by atoms with Crippen molar-refractivity contribution in [2.75, 3.05) is 0 Å². The summed E-state index contributed by atoms with van der Waals surface area (Å²) in [6.45, 7) is 0. The van der Waals surface area contributed by atoms with E-state index >= 15 is 0 Å². The van der Waals surface area contributed by atoms with Gasteiger partial charge in [-0.05, 0) is 34.6 Å². The lowest BCUT2D eigenvalue weighted by atomic mass is 9.82. The maximum Gasteiger partial charge on any atom is 0.163 e. The van der Waals surface area contributed by atoms with Crippen molar-refractivity contribution >= 4 is 16.6 Å². The first-order valence-corrected chi connectivity index (χ1v) is 7.72. The zero-order valence-corrected chi connectivity index (χ0v) is 12.5.